The molecule has 0 saturated heterocycles. The molecule has 0 fully saturated rings. The minimum absolute atomic E-state index is 0.242. The molecule has 0 N–H and O–H groups in total. The number of rotatable bonds is 2. The summed E-state index contributed by atoms with van der Waals surface area (Å²) in [6.07, 6.45) is 0. The van der Waals surface area contributed by atoms with Crippen LogP contribution in [0.25, 0.3) is 0 Å². The van der Waals surface area contributed by atoms with Crippen molar-refractivity contribution in [3.8, 4) is 11.8 Å². The van der Waals surface area contributed by atoms with E-state index in [4.69, 9.17) is 0 Å². The number of hydrogen-bond acceptors (Lipinski definition) is 4. The van der Waals surface area contributed by atoms with E-state index in [1.807, 2.05) is 11.8 Å². The van der Waals surface area contributed by atoms with Gasteiger partial charge in [0.05, 0.1) is 7.11 Å². The highest BCUT2D eigenvalue weighted by molar-refractivity contribution is 6.49. The molecule has 0 aromatic heterocycles. The Kier molecular flexibility index (Phi) is 3.98. The number of methoxy groups -OCH3 is 1. The zero-order chi connectivity index (χ0) is 12.0. The number of ether oxygens (including phenoxy) is 1. The Bertz CT molecular complexity index is 477. The molecular formula is C12H8O4. The second-order valence-electron chi connectivity index (χ2n) is 2.77. The van der Waals surface area contributed by atoms with Crippen LogP contribution >= 0.6 is 0 Å². The standard InChI is InChI=1S/C12H8O4/c1-16-11(14)8-7-10(13)12(15)9-5-3-2-4-6-9/h2-6H,1H3. The van der Waals surface area contributed by atoms with Gasteiger partial charge in [-0.25, -0.2) is 4.79 Å². The fraction of sp³-hybridized carbons (Fsp3) is 0.0833. The number of benzene rings is 1. The van der Waals surface area contributed by atoms with Gasteiger partial charge in [0, 0.05) is 11.5 Å². The molecule has 0 saturated carbocycles. The smallest absolute Gasteiger partial charge is 0.384 e. The lowest BCUT2D eigenvalue weighted by molar-refractivity contribution is -0.133. The summed E-state index contributed by atoms with van der Waals surface area (Å²) in [6.45, 7) is 0. The predicted octanol–water partition coefficient (Wildman–Crippen LogP) is 0.615. The van der Waals surface area contributed by atoms with Gasteiger partial charge in [-0.2, -0.15) is 0 Å². The molecule has 0 atom stereocenters. The summed E-state index contributed by atoms with van der Waals surface area (Å²) in [4.78, 5) is 33.3. The summed E-state index contributed by atoms with van der Waals surface area (Å²) in [5.41, 5.74) is 0.242. The second kappa shape index (κ2) is 5.47. The van der Waals surface area contributed by atoms with Crippen LogP contribution in [-0.4, -0.2) is 24.6 Å². The first-order valence-corrected chi connectivity index (χ1v) is 4.39. The predicted molar refractivity (Wildman–Crippen MR) is 55.6 cm³/mol. The summed E-state index contributed by atoms with van der Waals surface area (Å²) in [7, 11) is 1.14. The summed E-state index contributed by atoms with van der Waals surface area (Å²) < 4.78 is 4.21. The van der Waals surface area contributed by atoms with E-state index in [1.165, 1.54) is 12.1 Å². The van der Waals surface area contributed by atoms with E-state index >= 15 is 0 Å². The maximum Gasteiger partial charge on any atom is 0.384 e. The first-order chi connectivity index (χ1) is 7.65. The van der Waals surface area contributed by atoms with Crippen LogP contribution in [0.2, 0.25) is 0 Å². The van der Waals surface area contributed by atoms with Crippen molar-refractivity contribution >= 4 is 17.5 Å². The highest BCUT2D eigenvalue weighted by Gasteiger charge is 2.13. The van der Waals surface area contributed by atoms with E-state index < -0.39 is 17.5 Å². The van der Waals surface area contributed by atoms with Crippen molar-refractivity contribution in [1.82, 2.24) is 0 Å². The van der Waals surface area contributed by atoms with Crippen molar-refractivity contribution in [2.24, 2.45) is 0 Å². The molecule has 1 aromatic rings. The summed E-state index contributed by atoms with van der Waals surface area (Å²) in [5.74, 6) is 1.29. The number of carbonyl (C=O) groups is 3. The lowest BCUT2D eigenvalue weighted by Crippen LogP contribution is -2.12. The minimum atomic E-state index is -0.934. The van der Waals surface area contributed by atoms with Crippen molar-refractivity contribution in [2.75, 3.05) is 7.11 Å². The minimum Gasteiger partial charge on any atom is -0.459 e. The van der Waals surface area contributed by atoms with Crippen LogP contribution in [0.1, 0.15) is 10.4 Å². The van der Waals surface area contributed by atoms with Gasteiger partial charge in [-0.05, 0) is 5.92 Å². The average Bonchev–Trinajstić information content (AvgIpc) is 2.35. The Balaban J connectivity index is 2.79. The zero-order valence-electron chi connectivity index (χ0n) is 8.52. The van der Waals surface area contributed by atoms with Gasteiger partial charge in [0.15, 0.2) is 0 Å². The summed E-state index contributed by atoms with van der Waals surface area (Å²) in [6, 6.07) is 7.99. The molecule has 0 heterocycles. The molecule has 1 aromatic carbocycles. The quantitative estimate of drug-likeness (QED) is 0.181. The van der Waals surface area contributed by atoms with Crippen molar-refractivity contribution < 1.29 is 19.1 Å². The molecule has 0 spiro atoms. The van der Waals surface area contributed by atoms with E-state index in [0.717, 1.165) is 7.11 Å². The monoisotopic (exact) mass is 216 g/mol. The van der Waals surface area contributed by atoms with E-state index in [2.05, 4.69) is 4.74 Å². The SMILES string of the molecule is COC(=O)C#CC(=O)C(=O)c1ccccc1. The van der Waals surface area contributed by atoms with Crippen molar-refractivity contribution in [3.05, 3.63) is 35.9 Å². The van der Waals surface area contributed by atoms with Gasteiger partial charge >= 0.3 is 5.97 Å². The molecule has 0 aliphatic heterocycles. The lowest BCUT2D eigenvalue weighted by atomic mass is 10.1. The summed E-state index contributed by atoms with van der Waals surface area (Å²) >= 11 is 0. The van der Waals surface area contributed by atoms with Crippen molar-refractivity contribution in [2.45, 2.75) is 0 Å². The van der Waals surface area contributed by atoms with Gasteiger partial charge in [-0.15, -0.1) is 0 Å². The van der Waals surface area contributed by atoms with Crippen LogP contribution in [0.3, 0.4) is 0 Å². The first-order valence-electron chi connectivity index (χ1n) is 4.39. The van der Waals surface area contributed by atoms with Crippen LogP contribution in [0.5, 0.6) is 0 Å². The number of ketones is 2. The lowest BCUT2D eigenvalue weighted by Gasteiger charge is -1.93. The maximum absolute atomic E-state index is 11.4. The van der Waals surface area contributed by atoms with Crippen molar-refractivity contribution in [1.29, 1.82) is 0 Å². The molecule has 0 aliphatic carbocycles. The highest BCUT2D eigenvalue weighted by atomic mass is 16.5. The van der Waals surface area contributed by atoms with Gasteiger partial charge in [0.2, 0.25) is 5.78 Å². The average molecular weight is 216 g/mol. The normalized spacial score (nSPS) is 8.56. The fourth-order valence-corrected chi connectivity index (χ4v) is 0.936. The molecule has 0 amide bonds. The van der Waals surface area contributed by atoms with Crippen LogP contribution in [0.4, 0.5) is 0 Å². The number of carbonyl (C=O) groups excluding carboxylic acids is 3. The van der Waals surface area contributed by atoms with E-state index in [9.17, 15) is 14.4 Å². The van der Waals surface area contributed by atoms with Gasteiger partial charge in [0.25, 0.3) is 5.78 Å². The first kappa shape index (κ1) is 11.7. The van der Waals surface area contributed by atoms with Gasteiger partial charge < -0.3 is 4.74 Å². The second-order valence-corrected chi connectivity index (χ2v) is 2.77. The molecular weight excluding hydrogens is 208 g/mol. The maximum atomic E-state index is 11.4. The largest absolute Gasteiger partial charge is 0.459 e. The van der Waals surface area contributed by atoms with E-state index in [-0.39, 0.29) is 5.56 Å². The van der Waals surface area contributed by atoms with Gasteiger partial charge in [-0.1, -0.05) is 30.3 Å². The molecule has 4 nitrogen and oxygen atoms in total. The molecule has 16 heavy (non-hydrogen) atoms. The number of Topliss-reactive ketones (excluding diaryl/α,β-unsaturated/α-hetero) is 2. The molecule has 0 radical (unpaired) electrons. The fourth-order valence-electron chi connectivity index (χ4n) is 0.936. The third kappa shape index (κ3) is 3.07. The third-order valence-electron chi connectivity index (χ3n) is 1.71. The van der Waals surface area contributed by atoms with E-state index in [0.29, 0.717) is 0 Å². The molecule has 0 bridgehead atoms. The Morgan fingerprint density at radius 2 is 1.69 bits per heavy atom. The highest BCUT2D eigenvalue weighted by Crippen LogP contribution is 2.00. The Labute approximate surface area is 92.2 Å². The third-order valence-corrected chi connectivity index (χ3v) is 1.71. The number of hydrogen-bond donors (Lipinski definition) is 0. The Hall–Kier alpha value is -2.41. The van der Waals surface area contributed by atoms with E-state index in [1.54, 1.807) is 18.2 Å². The molecule has 80 valence electrons. The molecule has 0 unspecified atom stereocenters. The summed E-state index contributed by atoms with van der Waals surface area (Å²) in [5, 5.41) is 0. The molecule has 4 heteroatoms. The zero-order valence-corrected chi connectivity index (χ0v) is 8.52. The van der Waals surface area contributed by atoms with Crippen molar-refractivity contribution in [3.63, 3.8) is 0 Å². The van der Waals surface area contributed by atoms with Crippen LogP contribution in [0.15, 0.2) is 30.3 Å². The van der Waals surface area contributed by atoms with Crippen LogP contribution < -0.4 is 0 Å². The van der Waals surface area contributed by atoms with Gasteiger partial charge in [-0.3, -0.25) is 9.59 Å². The Morgan fingerprint density at radius 3 is 2.25 bits per heavy atom. The topological polar surface area (TPSA) is 60.4 Å². The van der Waals surface area contributed by atoms with Gasteiger partial charge in [0.1, 0.15) is 0 Å². The molecule has 0 aliphatic rings. The number of esters is 1. The molecule has 1 rings (SSSR count). The van der Waals surface area contributed by atoms with Crippen LogP contribution in [0, 0.1) is 11.8 Å². The van der Waals surface area contributed by atoms with Crippen LogP contribution in [-0.2, 0) is 14.3 Å². The Morgan fingerprint density at radius 1 is 1.06 bits per heavy atom.